The highest BCUT2D eigenvalue weighted by molar-refractivity contribution is 6.32. The third-order valence-corrected chi connectivity index (χ3v) is 4.24. The van der Waals surface area contributed by atoms with E-state index in [9.17, 15) is 9.59 Å². The Morgan fingerprint density at radius 3 is 2.61 bits per heavy atom. The second kappa shape index (κ2) is 10.6. The van der Waals surface area contributed by atoms with Crippen molar-refractivity contribution in [2.45, 2.75) is 26.7 Å². The van der Waals surface area contributed by atoms with Gasteiger partial charge in [0.25, 0.3) is 5.91 Å². The van der Waals surface area contributed by atoms with E-state index in [-0.39, 0.29) is 10.6 Å². The Labute approximate surface area is 169 Å². The van der Waals surface area contributed by atoms with Crippen molar-refractivity contribution in [2.75, 3.05) is 25.6 Å². The van der Waals surface area contributed by atoms with Crippen LogP contribution in [0.15, 0.2) is 36.4 Å². The highest BCUT2D eigenvalue weighted by Gasteiger charge is 2.18. The SMILES string of the molecule is CCCCOc1c(Cl)cc(C(=O)OCC(=O)Nc2ccccc2C)cc1OC. The van der Waals surface area contributed by atoms with Crippen LogP contribution < -0.4 is 14.8 Å². The second-order valence-corrected chi connectivity index (χ2v) is 6.54. The van der Waals surface area contributed by atoms with E-state index in [0.29, 0.717) is 23.8 Å². The summed E-state index contributed by atoms with van der Waals surface area (Å²) in [6.45, 7) is 4.01. The average Bonchev–Trinajstić information content (AvgIpc) is 2.68. The maximum atomic E-state index is 12.3. The molecule has 150 valence electrons. The molecule has 0 aliphatic carbocycles. The maximum absolute atomic E-state index is 12.3. The van der Waals surface area contributed by atoms with Crippen LogP contribution in [-0.2, 0) is 9.53 Å². The molecule has 0 spiro atoms. The Balaban J connectivity index is 2.00. The number of anilines is 1. The number of aryl methyl sites for hydroxylation is 1. The van der Waals surface area contributed by atoms with Crippen molar-refractivity contribution in [1.82, 2.24) is 0 Å². The Hall–Kier alpha value is -2.73. The molecule has 0 bridgehead atoms. The molecule has 7 heteroatoms. The molecular weight excluding hydrogens is 382 g/mol. The van der Waals surface area contributed by atoms with Crippen LogP contribution in [0.1, 0.15) is 35.7 Å². The molecule has 0 saturated heterocycles. The smallest absolute Gasteiger partial charge is 0.338 e. The number of carbonyl (C=O) groups is 2. The fourth-order valence-electron chi connectivity index (χ4n) is 2.41. The first-order valence-electron chi connectivity index (χ1n) is 8.99. The quantitative estimate of drug-likeness (QED) is 0.486. The van der Waals surface area contributed by atoms with E-state index in [1.54, 1.807) is 6.07 Å². The molecule has 0 heterocycles. The summed E-state index contributed by atoms with van der Waals surface area (Å²) in [6.07, 6.45) is 1.86. The number of rotatable bonds is 9. The number of amides is 1. The molecule has 2 aromatic rings. The number of para-hydroxylation sites is 1. The second-order valence-electron chi connectivity index (χ2n) is 6.13. The minimum Gasteiger partial charge on any atom is -0.493 e. The lowest BCUT2D eigenvalue weighted by molar-refractivity contribution is -0.119. The van der Waals surface area contributed by atoms with E-state index < -0.39 is 18.5 Å². The molecule has 0 radical (unpaired) electrons. The molecule has 1 amide bonds. The van der Waals surface area contributed by atoms with Gasteiger partial charge in [0.05, 0.1) is 24.3 Å². The number of unbranched alkanes of at least 4 members (excludes halogenated alkanes) is 1. The number of nitrogens with one attached hydrogen (secondary N) is 1. The van der Waals surface area contributed by atoms with Gasteiger partial charge in [-0.15, -0.1) is 0 Å². The molecule has 0 aliphatic rings. The van der Waals surface area contributed by atoms with Gasteiger partial charge in [-0.2, -0.15) is 0 Å². The lowest BCUT2D eigenvalue weighted by Crippen LogP contribution is -2.21. The van der Waals surface area contributed by atoms with Crippen LogP contribution >= 0.6 is 11.6 Å². The standard InChI is InChI=1S/C21H24ClNO5/c1-4-5-10-27-20-16(22)11-15(12-18(20)26-3)21(25)28-13-19(24)23-17-9-7-6-8-14(17)2/h6-9,11-12H,4-5,10,13H2,1-3H3,(H,23,24). The number of hydrogen-bond donors (Lipinski definition) is 1. The first-order valence-corrected chi connectivity index (χ1v) is 9.37. The monoisotopic (exact) mass is 405 g/mol. The highest BCUT2D eigenvalue weighted by Crippen LogP contribution is 2.36. The van der Waals surface area contributed by atoms with Gasteiger partial charge in [-0.05, 0) is 37.1 Å². The van der Waals surface area contributed by atoms with Gasteiger partial charge in [0.15, 0.2) is 18.1 Å². The molecule has 0 aliphatic heterocycles. The summed E-state index contributed by atoms with van der Waals surface area (Å²) in [7, 11) is 1.46. The average molecular weight is 406 g/mol. The predicted octanol–water partition coefficient (Wildman–Crippen LogP) is 4.63. The van der Waals surface area contributed by atoms with Crippen molar-refractivity contribution in [3.63, 3.8) is 0 Å². The molecule has 0 fully saturated rings. The van der Waals surface area contributed by atoms with Crippen LogP contribution in [-0.4, -0.2) is 32.2 Å². The van der Waals surface area contributed by atoms with Crippen LogP contribution in [0.5, 0.6) is 11.5 Å². The van der Waals surface area contributed by atoms with E-state index in [0.717, 1.165) is 18.4 Å². The number of methoxy groups -OCH3 is 1. The normalized spacial score (nSPS) is 10.3. The van der Waals surface area contributed by atoms with E-state index in [2.05, 4.69) is 12.2 Å². The van der Waals surface area contributed by atoms with Crippen LogP contribution in [0.2, 0.25) is 5.02 Å². The molecule has 2 aromatic carbocycles. The molecule has 0 unspecified atom stereocenters. The summed E-state index contributed by atoms with van der Waals surface area (Å²) in [5, 5.41) is 2.94. The summed E-state index contributed by atoms with van der Waals surface area (Å²) >= 11 is 6.23. The van der Waals surface area contributed by atoms with Gasteiger partial charge in [-0.1, -0.05) is 43.1 Å². The number of esters is 1. The van der Waals surface area contributed by atoms with Crippen molar-refractivity contribution >= 4 is 29.2 Å². The molecule has 1 N–H and O–H groups in total. The zero-order valence-electron chi connectivity index (χ0n) is 16.2. The highest BCUT2D eigenvalue weighted by atomic mass is 35.5. The molecule has 28 heavy (non-hydrogen) atoms. The first-order chi connectivity index (χ1) is 13.5. The summed E-state index contributed by atoms with van der Waals surface area (Å²) in [6, 6.07) is 10.3. The number of benzene rings is 2. The molecule has 6 nitrogen and oxygen atoms in total. The molecule has 0 saturated carbocycles. The van der Waals surface area contributed by atoms with Gasteiger partial charge in [0.1, 0.15) is 0 Å². The maximum Gasteiger partial charge on any atom is 0.338 e. The summed E-state index contributed by atoms with van der Waals surface area (Å²) in [5.74, 6) is -0.396. The topological polar surface area (TPSA) is 73.9 Å². The first kappa shape index (κ1) is 21.6. The van der Waals surface area contributed by atoms with E-state index >= 15 is 0 Å². The number of carbonyl (C=O) groups excluding carboxylic acids is 2. The predicted molar refractivity (Wildman–Crippen MR) is 108 cm³/mol. The van der Waals surface area contributed by atoms with Gasteiger partial charge in [-0.3, -0.25) is 4.79 Å². The van der Waals surface area contributed by atoms with Crippen LogP contribution in [0, 0.1) is 6.92 Å². The Bertz CT molecular complexity index is 838. The number of ether oxygens (including phenoxy) is 3. The summed E-state index contributed by atoms with van der Waals surface area (Å²) in [4.78, 5) is 24.3. The van der Waals surface area contributed by atoms with Gasteiger partial charge < -0.3 is 19.5 Å². The van der Waals surface area contributed by atoms with Crippen molar-refractivity contribution in [3.05, 3.63) is 52.5 Å². The zero-order valence-corrected chi connectivity index (χ0v) is 17.0. The summed E-state index contributed by atoms with van der Waals surface area (Å²) < 4.78 is 16.0. The number of hydrogen-bond acceptors (Lipinski definition) is 5. The minimum absolute atomic E-state index is 0.174. The van der Waals surface area contributed by atoms with Gasteiger partial charge in [0.2, 0.25) is 0 Å². The fraction of sp³-hybridized carbons (Fsp3) is 0.333. The minimum atomic E-state index is -0.680. The van der Waals surface area contributed by atoms with Crippen LogP contribution in [0.25, 0.3) is 0 Å². The van der Waals surface area contributed by atoms with Crippen molar-refractivity contribution < 1.29 is 23.8 Å². The lowest BCUT2D eigenvalue weighted by Gasteiger charge is -2.14. The van der Waals surface area contributed by atoms with Crippen molar-refractivity contribution in [1.29, 1.82) is 0 Å². The largest absolute Gasteiger partial charge is 0.493 e. The van der Waals surface area contributed by atoms with Gasteiger partial charge in [-0.25, -0.2) is 4.79 Å². The van der Waals surface area contributed by atoms with Gasteiger partial charge in [0, 0.05) is 5.69 Å². The number of halogens is 1. The molecule has 0 aromatic heterocycles. The third kappa shape index (κ3) is 5.89. The Kier molecular flexibility index (Phi) is 8.14. The van der Waals surface area contributed by atoms with Crippen LogP contribution in [0.3, 0.4) is 0 Å². The molecule has 0 atom stereocenters. The lowest BCUT2D eigenvalue weighted by atomic mass is 10.2. The zero-order chi connectivity index (χ0) is 20.5. The molecule has 2 rings (SSSR count). The molecular formula is C21H24ClNO5. The fourth-order valence-corrected chi connectivity index (χ4v) is 2.68. The van der Waals surface area contributed by atoms with E-state index in [1.165, 1.54) is 19.2 Å². The van der Waals surface area contributed by atoms with Gasteiger partial charge >= 0.3 is 5.97 Å². The third-order valence-electron chi connectivity index (χ3n) is 3.96. The van der Waals surface area contributed by atoms with Crippen LogP contribution in [0.4, 0.5) is 5.69 Å². The summed E-state index contributed by atoms with van der Waals surface area (Å²) in [5.41, 5.74) is 1.76. The Morgan fingerprint density at radius 2 is 1.93 bits per heavy atom. The van der Waals surface area contributed by atoms with Crippen molar-refractivity contribution in [3.8, 4) is 11.5 Å². The Morgan fingerprint density at radius 1 is 1.18 bits per heavy atom. The van der Waals surface area contributed by atoms with E-state index in [4.69, 9.17) is 25.8 Å². The van der Waals surface area contributed by atoms with Crippen molar-refractivity contribution in [2.24, 2.45) is 0 Å². The van der Waals surface area contributed by atoms with E-state index in [1.807, 2.05) is 25.1 Å².